The van der Waals surface area contributed by atoms with Crippen LogP contribution in [0.5, 0.6) is 0 Å². The van der Waals surface area contributed by atoms with E-state index >= 15 is 0 Å². The number of hydrogen-bond donors (Lipinski definition) is 1. The molecule has 86 valence electrons. The van der Waals surface area contributed by atoms with Crippen molar-refractivity contribution >= 4 is 12.2 Å². The normalized spacial score (nSPS) is 10.4. The number of ether oxygens (including phenoxy) is 1. The molecular weight excluding hydrogens is 211 g/mol. The molecule has 0 atom stereocenters. The molecule has 0 aliphatic rings. The number of carbonyl (C=O) groups excluding carboxylic acids is 1. The maximum atomic E-state index is 13.1. The van der Waals surface area contributed by atoms with Crippen LogP contribution in [0.3, 0.4) is 0 Å². The summed E-state index contributed by atoms with van der Waals surface area (Å²) in [5.74, 6) is -0.829. The number of nitrogens with zero attached hydrogens (tertiary/aromatic N) is 1. The van der Waals surface area contributed by atoms with Gasteiger partial charge in [-0.25, -0.2) is 9.18 Å². The molecule has 1 aromatic rings. The van der Waals surface area contributed by atoms with Crippen LogP contribution < -0.4 is 5.43 Å². The minimum absolute atomic E-state index is 0.225. The second kappa shape index (κ2) is 6.55. The summed E-state index contributed by atoms with van der Waals surface area (Å²) in [4.78, 5) is 10.8. The van der Waals surface area contributed by atoms with E-state index in [1.807, 2.05) is 0 Å². The summed E-state index contributed by atoms with van der Waals surface area (Å²) >= 11 is 0. The average molecular weight is 224 g/mol. The van der Waals surface area contributed by atoms with E-state index in [-0.39, 0.29) is 12.4 Å². The SMILES string of the molecule is CCOC(=O)C=NNCc1ccccc1F. The highest BCUT2D eigenvalue weighted by atomic mass is 19.1. The molecule has 0 spiro atoms. The number of nitrogens with one attached hydrogen (secondary N) is 1. The van der Waals surface area contributed by atoms with Crippen molar-refractivity contribution in [3.8, 4) is 0 Å². The zero-order valence-corrected chi connectivity index (χ0v) is 8.94. The zero-order chi connectivity index (χ0) is 11.8. The van der Waals surface area contributed by atoms with Crippen LogP contribution in [0.2, 0.25) is 0 Å². The lowest BCUT2D eigenvalue weighted by atomic mass is 10.2. The number of benzene rings is 1. The van der Waals surface area contributed by atoms with Gasteiger partial charge in [-0.05, 0) is 13.0 Å². The van der Waals surface area contributed by atoms with Crippen LogP contribution in [0, 0.1) is 5.82 Å². The molecule has 5 heteroatoms. The molecule has 0 radical (unpaired) electrons. The fourth-order valence-electron chi connectivity index (χ4n) is 1.05. The third kappa shape index (κ3) is 4.08. The molecule has 0 aliphatic heterocycles. The van der Waals surface area contributed by atoms with Crippen molar-refractivity contribution in [3.63, 3.8) is 0 Å². The van der Waals surface area contributed by atoms with E-state index < -0.39 is 5.97 Å². The molecule has 0 heterocycles. The van der Waals surface area contributed by atoms with Gasteiger partial charge in [-0.2, -0.15) is 5.10 Å². The second-order valence-electron chi connectivity index (χ2n) is 2.94. The van der Waals surface area contributed by atoms with Crippen LogP contribution in [0.4, 0.5) is 4.39 Å². The first-order valence-corrected chi connectivity index (χ1v) is 4.90. The maximum Gasteiger partial charge on any atom is 0.351 e. The Morgan fingerprint density at radius 2 is 2.31 bits per heavy atom. The standard InChI is InChI=1S/C11H13FN2O2/c1-2-16-11(15)8-14-13-7-9-5-3-4-6-10(9)12/h3-6,8,13H,2,7H2,1H3. The lowest BCUT2D eigenvalue weighted by molar-refractivity contribution is -0.134. The summed E-state index contributed by atoms with van der Waals surface area (Å²) < 4.78 is 17.7. The molecule has 1 N–H and O–H groups in total. The Kier molecular flexibility index (Phi) is 4.98. The lowest BCUT2D eigenvalue weighted by Gasteiger charge is -2.01. The summed E-state index contributed by atoms with van der Waals surface area (Å²) in [7, 11) is 0. The number of halogens is 1. The van der Waals surface area contributed by atoms with Gasteiger partial charge in [-0.15, -0.1) is 0 Å². The summed E-state index contributed by atoms with van der Waals surface area (Å²) in [6, 6.07) is 6.35. The van der Waals surface area contributed by atoms with Gasteiger partial charge in [0, 0.05) is 5.56 Å². The van der Waals surface area contributed by atoms with Gasteiger partial charge in [-0.1, -0.05) is 18.2 Å². The molecule has 0 aromatic heterocycles. The van der Waals surface area contributed by atoms with E-state index in [2.05, 4.69) is 15.3 Å². The van der Waals surface area contributed by atoms with Crippen LogP contribution in [-0.4, -0.2) is 18.8 Å². The topological polar surface area (TPSA) is 50.7 Å². The third-order valence-corrected chi connectivity index (χ3v) is 1.78. The number of carbonyl (C=O) groups is 1. The monoisotopic (exact) mass is 224 g/mol. The molecular formula is C11H13FN2O2. The summed E-state index contributed by atoms with van der Waals surface area (Å²) in [5, 5.41) is 3.61. The van der Waals surface area contributed by atoms with Crippen molar-refractivity contribution < 1.29 is 13.9 Å². The average Bonchev–Trinajstić information content (AvgIpc) is 2.27. The van der Waals surface area contributed by atoms with E-state index in [1.165, 1.54) is 6.07 Å². The van der Waals surface area contributed by atoms with Gasteiger partial charge in [0.15, 0.2) is 0 Å². The summed E-state index contributed by atoms with van der Waals surface area (Å²) in [5.41, 5.74) is 3.05. The number of hydrazone groups is 1. The minimum Gasteiger partial charge on any atom is -0.462 e. The largest absolute Gasteiger partial charge is 0.462 e. The molecule has 0 unspecified atom stereocenters. The fourth-order valence-corrected chi connectivity index (χ4v) is 1.05. The number of hydrogen-bond acceptors (Lipinski definition) is 4. The van der Waals surface area contributed by atoms with E-state index in [0.29, 0.717) is 12.2 Å². The highest BCUT2D eigenvalue weighted by Crippen LogP contribution is 2.04. The van der Waals surface area contributed by atoms with Crippen molar-refractivity contribution in [2.45, 2.75) is 13.5 Å². The molecule has 0 fully saturated rings. The maximum absolute atomic E-state index is 13.1. The predicted molar refractivity (Wildman–Crippen MR) is 58.4 cm³/mol. The Bertz CT molecular complexity index is 380. The molecule has 0 saturated carbocycles. The van der Waals surface area contributed by atoms with Gasteiger partial charge in [0.05, 0.1) is 13.2 Å². The Morgan fingerprint density at radius 3 is 3.00 bits per heavy atom. The minimum atomic E-state index is -0.525. The van der Waals surface area contributed by atoms with Crippen LogP contribution in [0.25, 0.3) is 0 Å². The van der Waals surface area contributed by atoms with Crippen molar-refractivity contribution in [1.29, 1.82) is 0 Å². The second-order valence-corrected chi connectivity index (χ2v) is 2.94. The summed E-state index contributed by atoms with van der Waals surface area (Å²) in [6.45, 7) is 2.24. The van der Waals surface area contributed by atoms with E-state index in [4.69, 9.17) is 0 Å². The van der Waals surface area contributed by atoms with Crippen molar-refractivity contribution in [2.75, 3.05) is 6.61 Å². The van der Waals surface area contributed by atoms with Gasteiger partial charge in [0.25, 0.3) is 0 Å². The first-order chi connectivity index (χ1) is 7.74. The molecule has 1 aromatic carbocycles. The van der Waals surface area contributed by atoms with Gasteiger partial charge in [0.2, 0.25) is 0 Å². The Hall–Kier alpha value is -1.91. The van der Waals surface area contributed by atoms with Gasteiger partial charge < -0.3 is 10.2 Å². The van der Waals surface area contributed by atoms with Crippen molar-refractivity contribution in [2.24, 2.45) is 5.10 Å². The first-order valence-electron chi connectivity index (χ1n) is 4.90. The smallest absolute Gasteiger partial charge is 0.351 e. The molecule has 0 bridgehead atoms. The van der Waals surface area contributed by atoms with Crippen molar-refractivity contribution in [1.82, 2.24) is 5.43 Å². The molecule has 0 saturated heterocycles. The Morgan fingerprint density at radius 1 is 1.56 bits per heavy atom. The van der Waals surface area contributed by atoms with E-state index in [1.54, 1.807) is 25.1 Å². The predicted octanol–water partition coefficient (Wildman–Crippen LogP) is 1.46. The molecule has 0 amide bonds. The zero-order valence-electron chi connectivity index (χ0n) is 8.94. The highest BCUT2D eigenvalue weighted by Gasteiger charge is 1.98. The van der Waals surface area contributed by atoms with Crippen LogP contribution >= 0.6 is 0 Å². The molecule has 4 nitrogen and oxygen atoms in total. The van der Waals surface area contributed by atoms with E-state index in [9.17, 15) is 9.18 Å². The van der Waals surface area contributed by atoms with Gasteiger partial charge in [0.1, 0.15) is 12.0 Å². The quantitative estimate of drug-likeness (QED) is 0.468. The third-order valence-electron chi connectivity index (χ3n) is 1.78. The number of rotatable bonds is 5. The lowest BCUT2D eigenvalue weighted by Crippen LogP contribution is -2.11. The van der Waals surface area contributed by atoms with E-state index in [0.717, 1.165) is 6.21 Å². The Labute approximate surface area is 93.1 Å². The van der Waals surface area contributed by atoms with Crippen LogP contribution in [0.15, 0.2) is 29.4 Å². The first kappa shape index (κ1) is 12.2. The molecule has 0 aliphatic carbocycles. The summed E-state index contributed by atoms with van der Waals surface area (Å²) in [6.07, 6.45) is 1.02. The number of esters is 1. The van der Waals surface area contributed by atoms with Crippen LogP contribution in [-0.2, 0) is 16.1 Å². The fraction of sp³-hybridized carbons (Fsp3) is 0.273. The van der Waals surface area contributed by atoms with Crippen molar-refractivity contribution in [3.05, 3.63) is 35.6 Å². The van der Waals surface area contributed by atoms with Crippen LogP contribution in [0.1, 0.15) is 12.5 Å². The van der Waals surface area contributed by atoms with Gasteiger partial charge >= 0.3 is 5.97 Å². The molecule has 16 heavy (non-hydrogen) atoms. The van der Waals surface area contributed by atoms with Gasteiger partial charge in [-0.3, -0.25) is 0 Å². The highest BCUT2D eigenvalue weighted by molar-refractivity contribution is 6.23. The Balaban J connectivity index is 2.36. The molecule has 1 rings (SSSR count).